The molecule has 1 aliphatic heterocycles. The minimum Gasteiger partial charge on any atom is -0.455 e. The third-order valence-corrected chi connectivity index (χ3v) is 5.72. The first kappa shape index (κ1) is 25.8. The van der Waals surface area contributed by atoms with E-state index >= 15 is 0 Å². The maximum absolute atomic E-state index is 12.6. The highest BCUT2D eigenvalue weighted by Gasteiger charge is 2.41. The minimum atomic E-state index is -0.637. The first-order valence-electron chi connectivity index (χ1n) is 11.9. The zero-order chi connectivity index (χ0) is 27.0. The molecule has 1 aliphatic rings. The average molecular weight is 507 g/mol. The number of aryl methyl sites for hydroxylation is 1. The summed E-state index contributed by atoms with van der Waals surface area (Å²) in [5, 5.41) is 6.75. The van der Waals surface area contributed by atoms with Crippen LogP contribution in [-0.2, 0) is 9.53 Å². The van der Waals surface area contributed by atoms with Crippen molar-refractivity contribution in [2.75, 3.05) is 11.9 Å². The summed E-state index contributed by atoms with van der Waals surface area (Å²) >= 11 is 0. The van der Waals surface area contributed by atoms with Crippen LogP contribution in [0.5, 0.6) is 11.5 Å². The molecule has 0 atom stereocenters. The van der Waals surface area contributed by atoms with Gasteiger partial charge in [-0.15, -0.1) is 0 Å². The van der Waals surface area contributed by atoms with Crippen LogP contribution in [0.2, 0.25) is 0 Å². The summed E-state index contributed by atoms with van der Waals surface area (Å²) < 4.78 is 12.4. The number of pyridine rings is 2. The van der Waals surface area contributed by atoms with Gasteiger partial charge in [0.2, 0.25) is 5.91 Å². The Labute approximate surface area is 214 Å². The van der Waals surface area contributed by atoms with Crippen LogP contribution in [0.4, 0.5) is 15.4 Å². The number of amides is 3. The van der Waals surface area contributed by atoms with Gasteiger partial charge in [-0.1, -0.05) is 13.8 Å². The first-order valence-corrected chi connectivity index (χ1v) is 11.9. The molecule has 0 aliphatic carbocycles. The number of anilines is 1. The van der Waals surface area contributed by atoms with Crippen LogP contribution >= 0.6 is 0 Å². The summed E-state index contributed by atoms with van der Waals surface area (Å²) in [5.41, 5.74) is 0.531. The van der Waals surface area contributed by atoms with E-state index in [9.17, 15) is 14.4 Å². The molecule has 1 saturated heterocycles. The third kappa shape index (κ3) is 5.93. The molecule has 37 heavy (non-hydrogen) atoms. The van der Waals surface area contributed by atoms with Crippen LogP contribution in [0.1, 0.15) is 46.7 Å². The van der Waals surface area contributed by atoms with E-state index in [0.717, 1.165) is 4.68 Å². The van der Waals surface area contributed by atoms with Crippen LogP contribution in [0.3, 0.4) is 0 Å². The van der Waals surface area contributed by atoms with Crippen molar-refractivity contribution >= 4 is 23.8 Å². The highest BCUT2D eigenvalue weighted by atomic mass is 16.6. The zero-order valence-electron chi connectivity index (χ0n) is 21.7. The Balaban J connectivity index is 1.44. The smallest absolute Gasteiger partial charge is 0.435 e. The van der Waals surface area contributed by atoms with Gasteiger partial charge in [0.05, 0.1) is 17.6 Å². The molecule has 4 rings (SSSR count). The molecule has 0 spiro atoms. The molecule has 0 unspecified atom stereocenters. The number of nitrogens with one attached hydrogen (secondary N) is 1. The number of hydrogen-bond acceptors (Lipinski definition) is 8. The molecule has 11 heteroatoms. The maximum atomic E-state index is 12.6. The first-order chi connectivity index (χ1) is 17.3. The Morgan fingerprint density at radius 2 is 1.92 bits per heavy atom. The molecule has 3 aromatic rings. The molecule has 0 saturated carbocycles. The number of carbonyl (C=O) groups is 3. The minimum absolute atomic E-state index is 0.202. The summed E-state index contributed by atoms with van der Waals surface area (Å²) in [5.74, 6) is 1.10. The number of rotatable bonds is 4. The number of likely N-dealkylation sites (tertiary alicyclic amines) is 1. The Kier molecular flexibility index (Phi) is 6.72. The van der Waals surface area contributed by atoms with E-state index in [0.29, 0.717) is 47.2 Å². The van der Waals surface area contributed by atoms with Gasteiger partial charge in [-0.25, -0.2) is 14.6 Å². The van der Waals surface area contributed by atoms with Gasteiger partial charge >= 0.3 is 12.1 Å². The molecule has 0 bridgehead atoms. The van der Waals surface area contributed by atoms with Gasteiger partial charge in [0, 0.05) is 36.0 Å². The SMILES string of the molecule is Cc1nc(NC(=O)N2CCC(C)(C)C2=O)ccc1Oc1ccnc(-c2cnn(C(=O)OC(C)(C)C)c2)c1. The summed E-state index contributed by atoms with van der Waals surface area (Å²) in [6.07, 6.45) is 4.68. The van der Waals surface area contributed by atoms with Crippen molar-refractivity contribution in [1.29, 1.82) is 0 Å². The second kappa shape index (κ2) is 9.64. The van der Waals surface area contributed by atoms with Crippen LogP contribution in [0, 0.1) is 12.3 Å². The highest BCUT2D eigenvalue weighted by Crippen LogP contribution is 2.31. The van der Waals surface area contributed by atoms with Gasteiger partial charge in [-0.3, -0.25) is 20.0 Å². The predicted octanol–water partition coefficient (Wildman–Crippen LogP) is 5.01. The Hall–Kier alpha value is -4.28. The lowest BCUT2D eigenvalue weighted by Gasteiger charge is -2.18. The normalized spacial score (nSPS) is 15.0. The standard InChI is InChI=1S/C26H30N6O5/c1-16-20(7-8-21(29-16)30-23(34)31-12-10-26(5,6)22(31)33)36-18-9-11-27-19(13-18)17-14-28-32(15-17)24(35)37-25(2,3)4/h7-9,11,13-15H,10,12H2,1-6H3,(H,29,30,34). The number of nitrogens with zero attached hydrogens (tertiary/aromatic N) is 5. The van der Waals surface area contributed by atoms with Gasteiger partial charge < -0.3 is 9.47 Å². The largest absolute Gasteiger partial charge is 0.455 e. The summed E-state index contributed by atoms with van der Waals surface area (Å²) in [6.45, 7) is 11.1. The van der Waals surface area contributed by atoms with Crippen molar-refractivity contribution in [3.63, 3.8) is 0 Å². The lowest BCUT2D eigenvalue weighted by molar-refractivity contribution is -0.131. The maximum Gasteiger partial charge on any atom is 0.435 e. The van der Waals surface area contributed by atoms with Crippen molar-refractivity contribution in [1.82, 2.24) is 24.6 Å². The number of aromatic nitrogens is 4. The van der Waals surface area contributed by atoms with Crippen molar-refractivity contribution in [2.45, 2.75) is 53.6 Å². The molecule has 1 fully saturated rings. The van der Waals surface area contributed by atoms with E-state index in [1.54, 1.807) is 58.2 Å². The Bertz CT molecular complexity index is 1360. The molecule has 3 amide bonds. The molecule has 0 radical (unpaired) electrons. The molecular formula is C26H30N6O5. The second-order valence-corrected chi connectivity index (χ2v) is 10.4. The molecule has 11 nitrogen and oxygen atoms in total. The third-order valence-electron chi connectivity index (χ3n) is 5.72. The van der Waals surface area contributed by atoms with E-state index in [4.69, 9.17) is 9.47 Å². The quantitative estimate of drug-likeness (QED) is 0.523. The van der Waals surface area contributed by atoms with E-state index in [2.05, 4.69) is 20.4 Å². The summed E-state index contributed by atoms with van der Waals surface area (Å²) in [6, 6.07) is 6.21. The fraction of sp³-hybridized carbons (Fsp3) is 0.385. The van der Waals surface area contributed by atoms with Crippen molar-refractivity contribution in [2.24, 2.45) is 5.41 Å². The molecule has 4 heterocycles. The fourth-order valence-electron chi connectivity index (χ4n) is 3.68. The topological polar surface area (TPSA) is 129 Å². The van der Waals surface area contributed by atoms with Gasteiger partial charge in [0.1, 0.15) is 22.9 Å². The van der Waals surface area contributed by atoms with E-state index in [1.807, 2.05) is 13.8 Å². The fourth-order valence-corrected chi connectivity index (χ4v) is 3.68. The Morgan fingerprint density at radius 1 is 1.16 bits per heavy atom. The molecule has 3 aromatic heterocycles. The van der Waals surface area contributed by atoms with Crippen molar-refractivity contribution in [3.05, 3.63) is 48.5 Å². The number of urea groups is 1. The van der Waals surface area contributed by atoms with Crippen LogP contribution < -0.4 is 10.1 Å². The molecule has 0 aromatic carbocycles. The molecule has 194 valence electrons. The second-order valence-electron chi connectivity index (χ2n) is 10.4. The van der Waals surface area contributed by atoms with E-state index in [-0.39, 0.29) is 5.91 Å². The predicted molar refractivity (Wildman–Crippen MR) is 135 cm³/mol. The number of carbonyl (C=O) groups excluding carboxylic acids is 3. The Morgan fingerprint density at radius 3 is 2.57 bits per heavy atom. The van der Waals surface area contributed by atoms with Crippen LogP contribution in [0.15, 0.2) is 42.9 Å². The summed E-state index contributed by atoms with van der Waals surface area (Å²) in [7, 11) is 0. The van der Waals surface area contributed by atoms with E-state index < -0.39 is 23.1 Å². The number of imide groups is 1. The highest BCUT2D eigenvalue weighted by molar-refractivity contribution is 6.03. The summed E-state index contributed by atoms with van der Waals surface area (Å²) in [4.78, 5) is 47.2. The van der Waals surface area contributed by atoms with Gasteiger partial charge in [-0.2, -0.15) is 9.78 Å². The average Bonchev–Trinajstić information content (AvgIpc) is 3.40. The molecule has 1 N–H and O–H groups in total. The van der Waals surface area contributed by atoms with Crippen LogP contribution in [0.25, 0.3) is 11.3 Å². The lowest BCUT2D eigenvalue weighted by atomic mass is 9.92. The van der Waals surface area contributed by atoms with Gasteiger partial charge in [0.25, 0.3) is 0 Å². The number of hydrogen-bond donors (Lipinski definition) is 1. The van der Waals surface area contributed by atoms with E-state index in [1.165, 1.54) is 17.3 Å². The van der Waals surface area contributed by atoms with Crippen molar-refractivity contribution < 1.29 is 23.9 Å². The lowest BCUT2D eigenvalue weighted by Crippen LogP contribution is -2.39. The molecular weight excluding hydrogens is 476 g/mol. The zero-order valence-corrected chi connectivity index (χ0v) is 21.7. The van der Waals surface area contributed by atoms with Gasteiger partial charge in [0.15, 0.2) is 0 Å². The van der Waals surface area contributed by atoms with Gasteiger partial charge in [-0.05, 0) is 52.3 Å². The number of ether oxygens (including phenoxy) is 2. The monoisotopic (exact) mass is 506 g/mol. The van der Waals surface area contributed by atoms with Crippen molar-refractivity contribution in [3.8, 4) is 22.8 Å². The van der Waals surface area contributed by atoms with Crippen LogP contribution in [-0.4, -0.2) is 54.8 Å².